The molecule has 5 heterocycles. The van der Waals surface area contributed by atoms with E-state index in [0.717, 1.165) is 50.4 Å². The molecule has 0 radical (unpaired) electrons. The average Bonchev–Trinajstić information content (AvgIpc) is 3.82. The lowest BCUT2D eigenvalue weighted by atomic mass is 10.0. The van der Waals surface area contributed by atoms with Crippen molar-refractivity contribution in [3.8, 4) is 23.3 Å². The van der Waals surface area contributed by atoms with E-state index in [4.69, 9.17) is 24.9 Å². The summed E-state index contributed by atoms with van der Waals surface area (Å²) >= 11 is 1.27. The van der Waals surface area contributed by atoms with Crippen molar-refractivity contribution >= 4 is 49.1 Å². The molecule has 1 saturated carbocycles. The fourth-order valence-corrected chi connectivity index (χ4v) is 7.26. The van der Waals surface area contributed by atoms with Crippen molar-refractivity contribution in [2.24, 2.45) is 5.41 Å². The number of rotatable bonds is 9. The molecule has 3 aromatic heterocycles. The maximum atomic E-state index is 16.8. The van der Waals surface area contributed by atoms with Crippen LogP contribution in [0.4, 0.5) is 15.2 Å². The number of nitriles is 1. The largest absolute Gasteiger partial charge is 0.463 e. The number of anilines is 2. The minimum absolute atomic E-state index is 0.0174. The lowest BCUT2D eigenvalue weighted by Crippen LogP contribution is -2.44. The third-order valence-corrected chi connectivity index (χ3v) is 9.96. The summed E-state index contributed by atoms with van der Waals surface area (Å²) < 4.78 is 35.1. The second kappa shape index (κ2) is 13.0. The van der Waals surface area contributed by atoms with Crippen LogP contribution in [0.25, 0.3) is 32.2 Å². The third-order valence-electron chi connectivity index (χ3n) is 8.98. The quantitative estimate of drug-likeness (QED) is 0.254. The van der Waals surface area contributed by atoms with Gasteiger partial charge in [0, 0.05) is 60.0 Å². The number of hydrogen-bond acceptors (Lipinski definition) is 12. The molecule has 1 aromatic carbocycles. The number of fused-ring (bicyclic) bond motifs is 2. The van der Waals surface area contributed by atoms with Crippen molar-refractivity contribution in [2.75, 3.05) is 76.4 Å². The van der Waals surface area contributed by atoms with Gasteiger partial charge >= 0.3 is 6.01 Å². The summed E-state index contributed by atoms with van der Waals surface area (Å²) in [6.45, 7) is 9.52. The molecule has 1 amide bonds. The van der Waals surface area contributed by atoms with Crippen LogP contribution in [0.1, 0.15) is 18.4 Å². The molecule has 0 unspecified atom stereocenters. The van der Waals surface area contributed by atoms with E-state index in [9.17, 15) is 10.1 Å². The minimum atomic E-state index is -0.658. The number of nitrogens with zero attached hydrogens (tertiary/aromatic N) is 6. The number of pyridine rings is 1. The zero-order valence-electron chi connectivity index (χ0n) is 25.8. The van der Waals surface area contributed by atoms with Gasteiger partial charge < -0.3 is 30.2 Å². The Morgan fingerprint density at radius 3 is 2.83 bits per heavy atom. The second-order valence-corrected chi connectivity index (χ2v) is 13.3. The maximum Gasteiger partial charge on any atom is 0.319 e. The molecule has 3 N–H and O–H groups in total. The molecular formula is C33H35FN8O4S. The van der Waals surface area contributed by atoms with Gasteiger partial charge in [0.15, 0.2) is 5.82 Å². The number of morpholine rings is 1. The molecule has 47 heavy (non-hydrogen) atoms. The fourth-order valence-electron chi connectivity index (χ4n) is 6.32. The van der Waals surface area contributed by atoms with E-state index >= 15 is 4.39 Å². The minimum Gasteiger partial charge on any atom is -0.463 e. The van der Waals surface area contributed by atoms with Gasteiger partial charge in [0.05, 0.1) is 50.0 Å². The Kier molecular flexibility index (Phi) is 8.63. The van der Waals surface area contributed by atoms with Gasteiger partial charge in [0.25, 0.3) is 0 Å². The predicted octanol–water partition coefficient (Wildman–Crippen LogP) is 3.50. The molecule has 3 aliphatic rings. The van der Waals surface area contributed by atoms with Gasteiger partial charge in [-0.1, -0.05) is 18.7 Å². The maximum absolute atomic E-state index is 16.8. The number of hydrogen-bond donors (Lipinski definition) is 2. The van der Waals surface area contributed by atoms with E-state index in [1.54, 1.807) is 18.3 Å². The highest BCUT2D eigenvalue weighted by molar-refractivity contribution is 7.23. The Balaban J connectivity index is 1.29. The molecule has 3 fully saturated rings. The first-order valence-electron chi connectivity index (χ1n) is 15.6. The molecule has 244 valence electrons. The summed E-state index contributed by atoms with van der Waals surface area (Å²) in [5.74, 6) is -0.543. The number of thiophene rings is 1. The number of nitrogen functional groups attached to an aromatic ring is 1. The summed E-state index contributed by atoms with van der Waals surface area (Å²) in [5, 5.41) is 14.1. The van der Waals surface area contributed by atoms with Crippen LogP contribution >= 0.6 is 11.3 Å². The molecule has 1 aliphatic carbocycles. The van der Waals surface area contributed by atoms with Crippen molar-refractivity contribution in [2.45, 2.75) is 18.9 Å². The summed E-state index contributed by atoms with van der Waals surface area (Å²) in [6.07, 6.45) is 4.82. The number of carbonyl (C=O) groups is 1. The Hall–Kier alpha value is -4.42. The standard InChI is InChI=1S/C33H35FN8O4S/c1-2-25(43)38-20-16-42(10-13-45-17-20)31-23-15-37-28(21-4-3-5-24-26(21)22(14-35)30(36)47-24)27(34)29(23)39-32(40-31)46-19-33(6-7-33)18-41-8-11-44-12-9-41/h2-5,15,20H,1,6-13,16-19,36H2,(H,38,43)/t20-/m1/s1. The van der Waals surface area contributed by atoms with Gasteiger partial charge in [0.2, 0.25) is 5.91 Å². The van der Waals surface area contributed by atoms with E-state index in [1.807, 2.05) is 11.0 Å². The molecule has 7 rings (SSSR count). The Morgan fingerprint density at radius 2 is 2.06 bits per heavy atom. The number of nitrogens with one attached hydrogen (secondary N) is 1. The summed E-state index contributed by atoms with van der Waals surface area (Å²) in [5.41, 5.74) is 6.97. The third kappa shape index (κ3) is 6.31. The molecule has 0 bridgehead atoms. The van der Waals surface area contributed by atoms with Crippen LogP contribution in [0.15, 0.2) is 37.1 Å². The number of benzene rings is 1. The first-order chi connectivity index (χ1) is 22.9. The first kappa shape index (κ1) is 31.2. The van der Waals surface area contributed by atoms with Gasteiger partial charge in [0.1, 0.15) is 28.1 Å². The summed E-state index contributed by atoms with van der Waals surface area (Å²) in [6, 6.07) is 7.23. The highest BCUT2D eigenvalue weighted by Crippen LogP contribution is 2.47. The van der Waals surface area contributed by atoms with Crippen LogP contribution in [-0.2, 0) is 14.3 Å². The SMILES string of the molecule is C=CC(=O)N[C@H]1COCCN(c2nc(OCC3(CN4CCOCC4)CC3)nc3c(F)c(-c4cccc5sc(N)c(C#N)c45)ncc23)C1. The van der Waals surface area contributed by atoms with Crippen molar-refractivity contribution in [3.05, 3.63) is 48.4 Å². The molecule has 12 nitrogen and oxygen atoms in total. The Bertz CT molecular complexity index is 1880. The molecule has 1 atom stereocenters. The molecule has 2 saturated heterocycles. The number of carbonyl (C=O) groups excluding carboxylic acids is 1. The molecule has 2 aliphatic heterocycles. The van der Waals surface area contributed by atoms with Crippen LogP contribution < -0.4 is 20.7 Å². The highest BCUT2D eigenvalue weighted by Gasteiger charge is 2.45. The van der Waals surface area contributed by atoms with E-state index < -0.39 is 5.82 Å². The van der Waals surface area contributed by atoms with E-state index in [0.29, 0.717) is 65.6 Å². The van der Waals surface area contributed by atoms with E-state index in [-0.39, 0.29) is 34.6 Å². The van der Waals surface area contributed by atoms with Gasteiger partial charge in [-0.15, -0.1) is 11.3 Å². The summed E-state index contributed by atoms with van der Waals surface area (Å²) in [4.78, 5) is 30.5. The van der Waals surface area contributed by atoms with Crippen molar-refractivity contribution in [1.82, 2.24) is 25.2 Å². The highest BCUT2D eigenvalue weighted by atomic mass is 32.1. The molecule has 0 spiro atoms. The predicted molar refractivity (Wildman–Crippen MR) is 177 cm³/mol. The van der Waals surface area contributed by atoms with Crippen LogP contribution in [0.5, 0.6) is 6.01 Å². The zero-order chi connectivity index (χ0) is 32.5. The Morgan fingerprint density at radius 1 is 1.26 bits per heavy atom. The molecule has 14 heteroatoms. The van der Waals surface area contributed by atoms with Crippen molar-refractivity contribution in [3.63, 3.8) is 0 Å². The zero-order valence-corrected chi connectivity index (χ0v) is 26.7. The molecule has 4 aromatic rings. The number of amides is 1. The van der Waals surface area contributed by atoms with Crippen molar-refractivity contribution in [1.29, 1.82) is 5.26 Å². The van der Waals surface area contributed by atoms with Crippen LogP contribution in [0.2, 0.25) is 0 Å². The lowest BCUT2D eigenvalue weighted by Gasteiger charge is -2.30. The fraction of sp³-hybridized carbons (Fsp3) is 0.424. The van der Waals surface area contributed by atoms with Gasteiger partial charge in [-0.3, -0.25) is 14.7 Å². The van der Waals surface area contributed by atoms with Crippen LogP contribution in [0.3, 0.4) is 0 Å². The van der Waals surface area contributed by atoms with Crippen LogP contribution in [0, 0.1) is 22.6 Å². The average molecular weight is 659 g/mol. The first-order valence-corrected chi connectivity index (χ1v) is 16.5. The van der Waals surface area contributed by atoms with Gasteiger partial charge in [-0.25, -0.2) is 4.39 Å². The summed E-state index contributed by atoms with van der Waals surface area (Å²) in [7, 11) is 0. The van der Waals surface area contributed by atoms with E-state index in [2.05, 4.69) is 32.8 Å². The smallest absolute Gasteiger partial charge is 0.319 e. The second-order valence-electron chi connectivity index (χ2n) is 12.3. The normalized spacial score (nSPS) is 19.7. The van der Waals surface area contributed by atoms with Crippen LogP contribution in [-0.4, -0.2) is 97.6 Å². The number of aromatic nitrogens is 3. The number of nitrogens with two attached hydrogens (primary N) is 1. The number of ether oxygens (including phenoxy) is 3. The lowest BCUT2D eigenvalue weighted by molar-refractivity contribution is -0.117. The van der Waals surface area contributed by atoms with Gasteiger partial charge in [-0.05, 0) is 25.0 Å². The molecular weight excluding hydrogens is 623 g/mol. The van der Waals surface area contributed by atoms with E-state index in [1.165, 1.54) is 17.4 Å². The topological polar surface area (TPSA) is 152 Å². The number of halogens is 1. The monoisotopic (exact) mass is 658 g/mol. The Labute approximate surface area is 274 Å². The van der Waals surface area contributed by atoms with Crippen molar-refractivity contribution < 1.29 is 23.4 Å². The van der Waals surface area contributed by atoms with Gasteiger partial charge in [-0.2, -0.15) is 15.2 Å².